The summed E-state index contributed by atoms with van der Waals surface area (Å²) in [5, 5.41) is 0. The van der Waals surface area contributed by atoms with Gasteiger partial charge in [-0.25, -0.2) is 0 Å². The molecule has 1 aromatic rings. The number of amides is 1. The van der Waals surface area contributed by atoms with Gasteiger partial charge in [-0.15, -0.1) is 0 Å². The van der Waals surface area contributed by atoms with Crippen molar-refractivity contribution in [1.29, 1.82) is 0 Å². The van der Waals surface area contributed by atoms with Gasteiger partial charge >= 0.3 is 0 Å². The molecule has 0 bridgehead atoms. The molecule has 0 aliphatic heterocycles. The van der Waals surface area contributed by atoms with Gasteiger partial charge in [-0.05, 0) is 26.5 Å². The summed E-state index contributed by atoms with van der Waals surface area (Å²) in [6.45, 7) is 4.45. The Bertz CT molecular complexity index is 481. The molecule has 4 nitrogen and oxygen atoms in total. The van der Waals surface area contributed by atoms with E-state index in [0.717, 1.165) is 16.7 Å². The molecule has 0 aliphatic rings. The number of nitrogens with zero attached hydrogens (tertiary/aromatic N) is 2. The van der Waals surface area contributed by atoms with Gasteiger partial charge in [-0.3, -0.25) is 14.5 Å². The second-order valence-corrected chi connectivity index (χ2v) is 5.20. The normalized spacial score (nSPS) is 10.6. The van der Waals surface area contributed by atoms with E-state index in [2.05, 4.69) is 0 Å². The smallest absolute Gasteiger partial charge is 0.236 e. The molecule has 0 unspecified atom stereocenters. The fraction of sp³-hybridized carbons (Fsp3) is 0.467. The van der Waals surface area contributed by atoms with Crippen LogP contribution >= 0.6 is 0 Å². The van der Waals surface area contributed by atoms with E-state index in [1.807, 2.05) is 32.0 Å². The summed E-state index contributed by atoms with van der Waals surface area (Å²) in [6.07, 6.45) is 0. The second kappa shape index (κ2) is 6.48. The predicted molar refractivity (Wildman–Crippen MR) is 76.4 cm³/mol. The molecule has 0 N–H and O–H groups in total. The van der Waals surface area contributed by atoms with E-state index >= 15 is 0 Å². The zero-order chi connectivity index (χ0) is 14.6. The molecule has 1 amide bonds. The van der Waals surface area contributed by atoms with Crippen LogP contribution in [0, 0.1) is 13.8 Å². The van der Waals surface area contributed by atoms with Crippen LogP contribution in [0.5, 0.6) is 0 Å². The van der Waals surface area contributed by atoms with Gasteiger partial charge in [0.25, 0.3) is 0 Å². The summed E-state index contributed by atoms with van der Waals surface area (Å²) in [4.78, 5) is 27.0. The molecule has 1 rings (SSSR count). The van der Waals surface area contributed by atoms with Gasteiger partial charge < -0.3 is 4.90 Å². The third-order valence-corrected chi connectivity index (χ3v) is 3.00. The summed E-state index contributed by atoms with van der Waals surface area (Å²) in [5.41, 5.74) is 2.86. The molecule has 0 saturated carbocycles. The van der Waals surface area contributed by atoms with E-state index in [9.17, 15) is 9.59 Å². The highest BCUT2D eigenvalue weighted by atomic mass is 16.2. The van der Waals surface area contributed by atoms with Crippen molar-refractivity contribution in [1.82, 2.24) is 9.80 Å². The van der Waals surface area contributed by atoms with E-state index in [1.165, 1.54) is 4.90 Å². The maximum Gasteiger partial charge on any atom is 0.236 e. The van der Waals surface area contributed by atoms with Gasteiger partial charge in [-0.1, -0.05) is 23.8 Å². The Labute approximate surface area is 115 Å². The van der Waals surface area contributed by atoms with Gasteiger partial charge in [-0.2, -0.15) is 0 Å². The van der Waals surface area contributed by atoms with Crippen LogP contribution in [0.2, 0.25) is 0 Å². The first kappa shape index (κ1) is 15.4. The lowest BCUT2D eigenvalue weighted by Gasteiger charge is -2.18. The molecule has 19 heavy (non-hydrogen) atoms. The quantitative estimate of drug-likeness (QED) is 0.755. The molecule has 0 aromatic heterocycles. The molecule has 4 heteroatoms. The molecular formula is C15H22N2O2. The molecule has 0 spiro atoms. The second-order valence-electron chi connectivity index (χ2n) is 5.20. The average Bonchev–Trinajstić information content (AvgIpc) is 2.27. The molecule has 0 aliphatic carbocycles. The maximum absolute atomic E-state index is 12.2. The number of Topliss-reactive ketones (excluding diaryl/α,β-unsaturated/α-hetero) is 1. The van der Waals surface area contributed by atoms with E-state index < -0.39 is 0 Å². The maximum atomic E-state index is 12.2. The van der Waals surface area contributed by atoms with Gasteiger partial charge in [0, 0.05) is 19.7 Å². The Morgan fingerprint density at radius 3 is 2.21 bits per heavy atom. The summed E-state index contributed by atoms with van der Waals surface area (Å²) < 4.78 is 0. The Kier molecular flexibility index (Phi) is 5.24. The van der Waals surface area contributed by atoms with Crippen molar-refractivity contribution >= 4 is 11.7 Å². The zero-order valence-corrected chi connectivity index (χ0v) is 12.4. The number of carbonyl (C=O) groups excluding carboxylic acids is 2. The first-order chi connectivity index (χ1) is 8.81. The minimum absolute atomic E-state index is 0.00377. The molecular weight excluding hydrogens is 240 g/mol. The topological polar surface area (TPSA) is 40.6 Å². The fourth-order valence-electron chi connectivity index (χ4n) is 1.89. The van der Waals surface area contributed by atoms with Crippen molar-refractivity contribution in [3.8, 4) is 0 Å². The Morgan fingerprint density at radius 1 is 1.05 bits per heavy atom. The number of likely N-dealkylation sites (N-methyl/N-ethyl adjacent to an activating group) is 2. The van der Waals surface area contributed by atoms with Gasteiger partial charge in [0.1, 0.15) is 0 Å². The molecule has 0 fully saturated rings. The molecule has 0 atom stereocenters. The standard InChI is InChI=1S/C15H22N2O2/c1-11-6-7-13(12(2)8-11)14(18)9-17(5)10-15(19)16(3)4/h6-8H,9-10H2,1-5H3. The van der Waals surface area contributed by atoms with Crippen molar-refractivity contribution < 1.29 is 9.59 Å². The Morgan fingerprint density at radius 2 is 1.68 bits per heavy atom. The summed E-state index contributed by atoms with van der Waals surface area (Å²) in [6, 6.07) is 5.79. The van der Waals surface area contributed by atoms with Gasteiger partial charge in [0.05, 0.1) is 13.1 Å². The van der Waals surface area contributed by atoms with Gasteiger partial charge in [0.15, 0.2) is 5.78 Å². The number of rotatable bonds is 5. The third kappa shape index (κ3) is 4.48. The number of aryl methyl sites for hydroxylation is 2. The van der Waals surface area contributed by atoms with Crippen LogP contribution in [0.15, 0.2) is 18.2 Å². The highest BCUT2D eigenvalue weighted by Gasteiger charge is 2.14. The lowest BCUT2D eigenvalue weighted by molar-refractivity contribution is -0.129. The van der Waals surface area contributed by atoms with Crippen LogP contribution in [0.4, 0.5) is 0 Å². The van der Waals surface area contributed by atoms with Crippen LogP contribution in [-0.2, 0) is 4.79 Å². The molecule has 1 aromatic carbocycles. The monoisotopic (exact) mass is 262 g/mol. The lowest BCUT2D eigenvalue weighted by Crippen LogP contribution is -2.37. The van der Waals surface area contributed by atoms with Crippen LogP contribution < -0.4 is 0 Å². The van der Waals surface area contributed by atoms with Crippen LogP contribution in [0.3, 0.4) is 0 Å². The van der Waals surface area contributed by atoms with Crippen molar-refractivity contribution in [2.24, 2.45) is 0 Å². The van der Waals surface area contributed by atoms with E-state index in [1.54, 1.807) is 26.0 Å². The minimum Gasteiger partial charge on any atom is -0.348 e. The SMILES string of the molecule is Cc1ccc(C(=O)CN(C)CC(=O)N(C)C)c(C)c1. The first-order valence-corrected chi connectivity index (χ1v) is 6.30. The van der Waals surface area contributed by atoms with Gasteiger partial charge in [0.2, 0.25) is 5.91 Å². The summed E-state index contributed by atoms with van der Waals surface area (Å²) >= 11 is 0. The lowest BCUT2D eigenvalue weighted by atomic mass is 10.0. The number of ketones is 1. The Hall–Kier alpha value is -1.68. The number of benzene rings is 1. The van der Waals surface area contributed by atoms with Crippen molar-refractivity contribution in [3.05, 3.63) is 34.9 Å². The van der Waals surface area contributed by atoms with Crippen LogP contribution in [0.25, 0.3) is 0 Å². The van der Waals surface area contributed by atoms with Crippen molar-refractivity contribution in [2.75, 3.05) is 34.2 Å². The van der Waals surface area contributed by atoms with Crippen molar-refractivity contribution in [3.63, 3.8) is 0 Å². The van der Waals surface area contributed by atoms with E-state index in [4.69, 9.17) is 0 Å². The molecule has 0 saturated heterocycles. The average molecular weight is 262 g/mol. The number of carbonyl (C=O) groups is 2. The molecule has 0 heterocycles. The number of hydrogen-bond donors (Lipinski definition) is 0. The highest BCUT2D eigenvalue weighted by Crippen LogP contribution is 2.11. The zero-order valence-electron chi connectivity index (χ0n) is 12.4. The summed E-state index contributed by atoms with van der Waals surface area (Å²) in [7, 11) is 5.20. The van der Waals surface area contributed by atoms with Crippen LogP contribution in [-0.4, -0.2) is 55.7 Å². The molecule has 0 radical (unpaired) electrons. The highest BCUT2D eigenvalue weighted by molar-refractivity contribution is 5.99. The Balaban J connectivity index is 2.66. The largest absolute Gasteiger partial charge is 0.348 e. The van der Waals surface area contributed by atoms with E-state index in [-0.39, 0.29) is 24.8 Å². The summed E-state index contributed by atoms with van der Waals surface area (Å²) in [5.74, 6) is 0.0440. The van der Waals surface area contributed by atoms with Crippen LogP contribution in [0.1, 0.15) is 21.5 Å². The van der Waals surface area contributed by atoms with Crippen molar-refractivity contribution in [2.45, 2.75) is 13.8 Å². The fourth-order valence-corrected chi connectivity index (χ4v) is 1.89. The first-order valence-electron chi connectivity index (χ1n) is 6.30. The third-order valence-electron chi connectivity index (χ3n) is 3.00. The number of hydrogen-bond acceptors (Lipinski definition) is 3. The predicted octanol–water partition coefficient (Wildman–Crippen LogP) is 1.51. The van der Waals surface area contributed by atoms with E-state index in [0.29, 0.717) is 0 Å². The molecule has 104 valence electrons. The minimum atomic E-state index is -0.00377.